The number of para-hydroxylation sites is 1. The van der Waals surface area contributed by atoms with Crippen LogP contribution in [-0.2, 0) is 4.79 Å². The van der Waals surface area contributed by atoms with Crippen molar-refractivity contribution in [1.29, 1.82) is 0 Å². The number of benzene rings is 2. The predicted molar refractivity (Wildman–Crippen MR) is 132 cm³/mol. The first-order valence-electron chi connectivity index (χ1n) is 10.7. The van der Waals surface area contributed by atoms with Gasteiger partial charge in [-0.2, -0.15) is 5.10 Å². The van der Waals surface area contributed by atoms with Gasteiger partial charge in [-0.05, 0) is 41.3 Å². The Bertz CT molecular complexity index is 1260. The molecule has 1 aromatic heterocycles. The van der Waals surface area contributed by atoms with Gasteiger partial charge in [0, 0.05) is 6.42 Å². The number of hydrogen-bond donors (Lipinski definition) is 1. The fourth-order valence-electron chi connectivity index (χ4n) is 3.87. The maximum atomic E-state index is 13.4. The molecule has 0 spiro atoms. The van der Waals surface area contributed by atoms with Crippen LogP contribution in [0.15, 0.2) is 59.0 Å². The van der Waals surface area contributed by atoms with E-state index in [4.69, 9.17) is 24.7 Å². The van der Waals surface area contributed by atoms with Crippen molar-refractivity contribution in [3.8, 4) is 23.0 Å². The SMILES string of the molecule is COc1ccc([C@@H]2CC(c3cccs3)=NN2C(=O)COc2c(OC)cccc2C(N)=O)cc1OC. The molecule has 10 heteroatoms. The lowest BCUT2D eigenvalue weighted by Crippen LogP contribution is -2.32. The van der Waals surface area contributed by atoms with Crippen LogP contribution in [0.2, 0.25) is 0 Å². The average molecular weight is 496 g/mol. The van der Waals surface area contributed by atoms with E-state index >= 15 is 0 Å². The van der Waals surface area contributed by atoms with E-state index in [-0.39, 0.29) is 24.0 Å². The Morgan fingerprint density at radius 2 is 1.80 bits per heavy atom. The Morgan fingerprint density at radius 1 is 1.03 bits per heavy atom. The summed E-state index contributed by atoms with van der Waals surface area (Å²) in [6, 6.07) is 13.8. The molecular formula is C25H25N3O6S. The van der Waals surface area contributed by atoms with Crippen molar-refractivity contribution >= 4 is 28.9 Å². The molecule has 35 heavy (non-hydrogen) atoms. The van der Waals surface area contributed by atoms with E-state index in [1.54, 1.807) is 43.8 Å². The van der Waals surface area contributed by atoms with E-state index in [1.165, 1.54) is 18.2 Å². The van der Waals surface area contributed by atoms with Gasteiger partial charge >= 0.3 is 0 Å². The molecule has 0 saturated carbocycles. The maximum Gasteiger partial charge on any atom is 0.281 e. The minimum Gasteiger partial charge on any atom is -0.493 e. The van der Waals surface area contributed by atoms with Gasteiger partial charge in [-0.3, -0.25) is 9.59 Å². The van der Waals surface area contributed by atoms with Crippen LogP contribution < -0.4 is 24.7 Å². The summed E-state index contributed by atoms with van der Waals surface area (Å²) in [5, 5.41) is 8.01. The van der Waals surface area contributed by atoms with Gasteiger partial charge in [0.15, 0.2) is 29.6 Å². The van der Waals surface area contributed by atoms with Crippen molar-refractivity contribution < 1.29 is 28.5 Å². The highest BCUT2D eigenvalue weighted by Gasteiger charge is 2.34. The molecular weight excluding hydrogens is 470 g/mol. The number of ether oxygens (including phenoxy) is 4. The number of hydrazone groups is 1. The molecule has 1 aliphatic rings. The molecule has 0 saturated heterocycles. The summed E-state index contributed by atoms with van der Waals surface area (Å²) >= 11 is 1.55. The summed E-state index contributed by atoms with van der Waals surface area (Å²) < 4.78 is 21.8. The van der Waals surface area contributed by atoms with E-state index in [0.29, 0.717) is 23.7 Å². The summed E-state index contributed by atoms with van der Waals surface area (Å²) in [5.41, 5.74) is 7.23. The summed E-state index contributed by atoms with van der Waals surface area (Å²) in [6.45, 7) is -0.369. The van der Waals surface area contributed by atoms with Gasteiger partial charge in [-0.15, -0.1) is 11.3 Å². The molecule has 0 aliphatic carbocycles. The molecule has 1 atom stereocenters. The fourth-order valence-corrected chi connectivity index (χ4v) is 4.59. The number of primary amides is 1. The van der Waals surface area contributed by atoms with Crippen molar-refractivity contribution in [3.63, 3.8) is 0 Å². The highest BCUT2D eigenvalue weighted by Crippen LogP contribution is 2.38. The summed E-state index contributed by atoms with van der Waals surface area (Å²) in [7, 11) is 4.57. The first kappa shape index (κ1) is 24.1. The number of carbonyl (C=O) groups excluding carboxylic acids is 2. The number of nitrogens with zero attached hydrogens (tertiary/aromatic N) is 2. The highest BCUT2D eigenvalue weighted by atomic mass is 32.1. The number of rotatable bonds is 9. The van der Waals surface area contributed by atoms with Crippen LogP contribution >= 0.6 is 11.3 Å². The number of thiophene rings is 1. The summed E-state index contributed by atoms with van der Waals surface area (Å²) in [5.74, 6) is 0.477. The first-order chi connectivity index (χ1) is 17.0. The first-order valence-corrected chi connectivity index (χ1v) is 11.6. The molecule has 0 bridgehead atoms. The Labute approximate surface area is 206 Å². The maximum absolute atomic E-state index is 13.4. The number of amides is 2. The Hall–Kier alpha value is -4.05. The van der Waals surface area contributed by atoms with E-state index < -0.39 is 11.8 Å². The fraction of sp³-hybridized carbons (Fsp3) is 0.240. The highest BCUT2D eigenvalue weighted by molar-refractivity contribution is 7.12. The zero-order chi connectivity index (χ0) is 24.9. The van der Waals surface area contributed by atoms with Crippen LogP contribution in [0, 0.1) is 0 Å². The largest absolute Gasteiger partial charge is 0.493 e. The molecule has 4 rings (SSSR count). The standard InChI is InChI=1S/C25H25N3O6S/c1-31-19-10-9-15(12-21(19)33-3)18-13-17(22-8-5-11-35-22)27-28(18)23(29)14-34-24-16(25(26)30)6-4-7-20(24)32-2/h4-12,18H,13-14H2,1-3H3,(H2,26,30)/t18-/m0/s1. The third kappa shape index (κ3) is 4.92. The monoisotopic (exact) mass is 495 g/mol. The summed E-state index contributed by atoms with van der Waals surface area (Å²) in [4.78, 5) is 26.2. The molecule has 1 aliphatic heterocycles. The second-order valence-corrected chi connectivity index (χ2v) is 8.53. The number of nitrogens with two attached hydrogens (primary N) is 1. The zero-order valence-corrected chi connectivity index (χ0v) is 20.3. The van der Waals surface area contributed by atoms with Gasteiger partial charge in [0.1, 0.15) is 0 Å². The van der Waals surface area contributed by atoms with Crippen molar-refractivity contribution in [3.05, 3.63) is 69.9 Å². The minimum atomic E-state index is -0.686. The van der Waals surface area contributed by atoms with Gasteiger partial charge in [0.05, 0.1) is 43.5 Å². The molecule has 2 aromatic carbocycles. The average Bonchev–Trinajstić information content (AvgIpc) is 3.57. The lowest BCUT2D eigenvalue weighted by atomic mass is 10.0. The lowest BCUT2D eigenvalue weighted by Gasteiger charge is -2.23. The zero-order valence-electron chi connectivity index (χ0n) is 19.5. The third-order valence-electron chi connectivity index (χ3n) is 5.57. The molecule has 0 fully saturated rings. The van der Waals surface area contributed by atoms with Crippen molar-refractivity contribution in [1.82, 2.24) is 5.01 Å². The molecule has 9 nitrogen and oxygen atoms in total. The quantitative estimate of drug-likeness (QED) is 0.485. The van der Waals surface area contributed by atoms with Crippen LogP contribution in [0.4, 0.5) is 0 Å². The van der Waals surface area contributed by atoms with Crippen LogP contribution in [0.1, 0.15) is 33.3 Å². The molecule has 2 amide bonds. The Balaban J connectivity index is 1.63. The lowest BCUT2D eigenvalue weighted by molar-refractivity contribution is -0.135. The van der Waals surface area contributed by atoms with Crippen LogP contribution in [0.25, 0.3) is 0 Å². The number of carbonyl (C=O) groups is 2. The van der Waals surface area contributed by atoms with Gasteiger partial charge in [-0.1, -0.05) is 18.2 Å². The smallest absolute Gasteiger partial charge is 0.281 e. The minimum absolute atomic E-state index is 0.111. The van der Waals surface area contributed by atoms with Crippen molar-refractivity contribution in [2.45, 2.75) is 12.5 Å². The van der Waals surface area contributed by atoms with Crippen LogP contribution in [0.3, 0.4) is 0 Å². The molecule has 182 valence electrons. The summed E-state index contributed by atoms with van der Waals surface area (Å²) in [6.07, 6.45) is 0.517. The molecule has 2 heterocycles. The van der Waals surface area contributed by atoms with Crippen LogP contribution in [0.5, 0.6) is 23.0 Å². The van der Waals surface area contributed by atoms with Crippen molar-refractivity contribution in [2.75, 3.05) is 27.9 Å². The Morgan fingerprint density at radius 3 is 2.46 bits per heavy atom. The normalized spacial score (nSPS) is 14.9. The molecule has 3 aromatic rings. The van der Waals surface area contributed by atoms with Crippen molar-refractivity contribution in [2.24, 2.45) is 10.8 Å². The van der Waals surface area contributed by atoms with Crippen LogP contribution in [-0.4, -0.2) is 50.5 Å². The van der Waals surface area contributed by atoms with Gasteiger partial charge in [-0.25, -0.2) is 5.01 Å². The molecule has 0 radical (unpaired) electrons. The Kier molecular flexibility index (Phi) is 7.21. The van der Waals surface area contributed by atoms with E-state index in [0.717, 1.165) is 16.2 Å². The third-order valence-corrected chi connectivity index (χ3v) is 6.49. The number of hydrogen-bond acceptors (Lipinski definition) is 8. The van der Waals surface area contributed by atoms with E-state index in [1.807, 2.05) is 29.6 Å². The molecule has 0 unspecified atom stereocenters. The predicted octanol–water partition coefficient (Wildman–Crippen LogP) is 3.63. The number of methoxy groups -OCH3 is 3. The van der Waals surface area contributed by atoms with Gasteiger partial charge < -0.3 is 24.7 Å². The van der Waals surface area contributed by atoms with Gasteiger partial charge in [0.25, 0.3) is 11.8 Å². The topological polar surface area (TPSA) is 113 Å². The van der Waals surface area contributed by atoms with E-state index in [2.05, 4.69) is 5.10 Å². The van der Waals surface area contributed by atoms with E-state index in [9.17, 15) is 9.59 Å². The van der Waals surface area contributed by atoms with Gasteiger partial charge in [0.2, 0.25) is 0 Å². The molecule has 2 N–H and O–H groups in total. The second kappa shape index (κ2) is 10.5. The second-order valence-electron chi connectivity index (χ2n) is 7.59.